The number of carbonyl (C=O) groups excluding carboxylic acids is 3. The minimum atomic E-state index is -0.379. The lowest BCUT2D eigenvalue weighted by molar-refractivity contribution is -0.144. The normalized spacial score (nSPS) is 14.6. The largest absolute Gasteiger partial charge is 0.466 e. The van der Waals surface area contributed by atoms with Crippen molar-refractivity contribution in [3.8, 4) is 0 Å². The van der Waals surface area contributed by atoms with E-state index in [-0.39, 0.29) is 56.0 Å². The zero-order valence-electron chi connectivity index (χ0n) is 26.6. The summed E-state index contributed by atoms with van der Waals surface area (Å²) in [7, 11) is 1.92. The van der Waals surface area contributed by atoms with Crippen LogP contribution >= 0.6 is 0 Å². The third kappa shape index (κ3) is 8.70. The Labute approximate surface area is 273 Å². The van der Waals surface area contributed by atoms with Crippen molar-refractivity contribution >= 4 is 46.2 Å². The Morgan fingerprint density at radius 3 is 2.62 bits per heavy atom. The summed E-state index contributed by atoms with van der Waals surface area (Å²) in [4.78, 5) is 52.4. The first-order valence-corrected chi connectivity index (χ1v) is 15.7. The number of carbonyl (C=O) groups is 3. The number of nitrogens with zero attached hydrogens (tertiary/aromatic N) is 5. The fourth-order valence-corrected chi connectivity index (χ4v) is 5.36. The lowest BCUT2D eigenvalue weighted by Gasteiger charge is -2.21. The van der Waals surface area contributed by atoms with Crippen LogP contribution in [-0.4, -0.2) is 70.7 Å². The van der Waals surface area contributed by atoms with Crippen molar-refractivity contribution in [2.24, 2.45) is 17.8 Å². The van der Waals surface area contributed by atoms with Crippen LogP contribution in [-0.2, 0) is 32.7 Å². The maximum absolute atomic E-state index is 13.6. The minimum Gasteiger partial charge on any atom is -0.466 e. The Hall–Kier alpha value is -5.30. The molecule has 5 rings (SSSR count). The molecule has 4 N–H and O–H groups in total. The molecule has 1 saturated heterocycles. The second-order valence-corrected chi connectivity index (χ2v) is 11.1. The van der Waals surface area contributed by atoms with Crippen molar-refractivity contribution < 1.29 is 23.9 Å². The number of imidazole rings is 1. The Balaban J connectivity index is 1.20. The molecule has 0 saturated carbocycles. The van der Waals surface area contributed by atoms with Crippen molar-refractivity contribution in [3.63, 3.8) is 0 Å². The Kier molecular flexibility index (Phi) is 11.1. The van der Waals surface area contributed by atoms with Gasteiger partial charge in [0.05, 0.1) is 37.0 Å². The van der Waals surface area contributed by atoms with E-state index < -0.39 is 0 Å². The number of amides is 1. The SMILES string of the molecule is CCOC(=O)CCN(C(=O)c1ccc2c(c1)nc(CNc1ccc(/C(N)=N/COC(=O)CC3CCCN3)cc1)n2C)c1ccccn1. The van der Waals surface area contributed by atoms with Gasteiger partial charge in [0.25, 0.3) is 5.91 Å². The molecule has 1 amide bonds. The number of esters is 2. The molecular weight excluding hydrogens is 600 g/mol. The molecule has 1 aliphatic rings. The number of benzene rings is 2. The molecule has 2 aromatic heterocycles. The quantitative estimate of drug-likeness (QED) is 0.105. The zero-order chi connectivity index (χ0) is 33.2. The summed E-state index contributed by atoms with van der Waals surface area (Å²) in [6.07, 6.45) is 4.04. The molecule has 47 heavy (non-hydrogen) atoms. The van der Waals surface area contributed by atoms with Crippen molar-refractivity contribution in [2.75, 3.05) is 36.6 Å². The van der Waals surface area contributed by atoms with Gasteiger partial charge in [-0.2, -0.15) is 0 Å². The highest BCUT2D eigenvalue weighted by Gasteiger charge is 2.22. The topological polar surface area (TPSA) is 166 Å². The molecule has 13 nitrogen and oxygen atoms in total. The van der Waals surface area contributed by atoms with Gasteiger partial charge in [-0.1, -0.05) is 6.07 Å². The number of anilines is 2. The molecule has 13 heteroatoms. The van der Waals surface area contributed by atoms with Gasteiger partial charge in [0.1, 0.15) is 17.5 Å². The zero-order valence-corrected chi connectivity index (χ0v) is 26.6. The van der Waals surface area contributed by atoms with Gasteiger partial charge in [-0.3, -0.25) is 19.3 Å². The summed E-state index contributed by atoms with van der Waals surface area (Å²) < 4.78 is 12.2. The summed E-state index contributed by atoms with van der Waals surface area (Å²) in [5, 5.41) is 6.64. The van der Waals surface area contributed by atoms with Gasteiger partial charge >= 0.3 is 11.9 Å². The van der Waals surface area contributed by atoms with Crippen LogP contribution in [0.1, 0.15) is 54.4 Å². The van der Waals surface area contributed by atoms with Gasteiger partial charge < -0.3 is 30.4 Å². The number of ether oxygens (including phenoxy) is 2. The molecular formula is C34H40N8O5. The number of aromatic nitrogens is 3. The summed E-state index contributed by atoms with van der Waals surface area (Å²) in [5.41, 5.74) is 9.65. The summed E-state index contributed by atoms with van der Waals surface area (Å²) in [6, 6.07) is 18.3. The Morgan fingerprint density at radius 1 is 1.09 bits per heavy atom. The highest BCUT2D eigenvalue weighted by Crippen LogP contribution is 2.21. The number of rotatable bonds is 14. The number of pyridine rings is 1. The lowest BCUT2D eigenvalue weighted by atomic mass is 10.1. The third-order valence-corrected chi connectivity index (χ3v) is 7.90. The first-order chi connectivity index (χ1) is 22.8. The number of amidine groups is 1. The number of aryl methyl sites for hydroxylation is 1. The Morgan fingerprint density at radius 2 is 1.89 bits per heavy atom. The fraction of sp³-hybridized carbons (Fsp3) is 0.353. The number of aliphatic imine (C=N–C) groups is 1. The third-order valence-electron chi connectivity index (χ3n) is 7.90. The standard InChI is InChI=1S/C34H40N8O5/c1-3-46-31(43)15-18-42(29-8-4-5-16-37-29)34(45)24-11-14-28-27(19-24)40-30(41(28)2)21-38-25-12-9-23(10-13-25)33(35)39-22-47-32(44)20-26-7-6-17-36-26/h4-5,8-14,16,19,26,36,38H,3,6-7,15,17-18,20-22H2,1-2H3,(H2,35,39). The molecule has 3 heterocycles. The van der Waals surface area contributed by atoms with Gasteiger partial charge in [-0.25, -0.2) is 15.0 Å². The minimum absolute atomic E-state index is 0.0477. The van der Waals surface area contributed by atoms with E-state index in [0.29, 0.717) is 35.4 Å². The summed E-state index contributed by atoms with van der Waals surface area (Å²) in [5.74, 6) is 0.544. The van der Waals surface area contributed by atoms with E-state index >= 15 is 0 Å². The summed E-state index contributed by atoms with van der Waals surface area (Å²) in [6.45, 7) is 3.40. The van der Waals surface area contributed by atoms with Crippen LogP contribution in [0.4, 0.5) is 11.5 Å². The lowest BCUT2D eigenvalue weighted by Crippen LogP contribution is -2.34. The van der Waals surface area contributed by atoms with Gasteiger partial charge in [0.15, 0.2) is 6.73 Å². The predicted molar refractivity (Wildman–Crippen MR) is 179 cm³/mol. The molecule has 4 aromatic rings. The van der Waals surface area contributed by atoms with Crippen LogP contribution < -0.4 is 21.3 Å². The fourth-order valence-electron chi connectivity index (χ4n) is 5.36. The van der Waals surface area contributed by atoms with Crippen LogP contribution in [0.5, 0.6) is 0 Å². The van der Waals surface area contributed by atoms with Crippen LogP contribution in [0, 0.1) is 0 Å². The van der Waals surface area contributed by atoms with E-state index in [2.05, 4.69) is 20.6 Å². The second-order valence-electron chi connectivity index (χ2n) is 11.1. The first kappa shape index (κ1) is 33.1. The molecule has 0 spiro atoms. The van der Waals surface area contributed by atoms with E-state index in [1.165, 1.54) is 4.90 Å². The van der Waals surface area contributed by atoms with Crippen molar-refractivity contribution in [1.82, 2.24) is 19.9 Å². The van der Waals surface area contributed by atoms with E-state index in [0.717, 1.165) is 36.4 Å². The van der Waals surface area contributed by atoms with Crippen molar-refractivity contribution in [3.05, 3.63) is 83.8 Å². The number of hydrogen-bond acceptors (Lipinski definition) is 10. The molecule has 0 aliphatic carbocycles. The molecule has 0 bridgehead atoms. The monoisotopic (exact) mass is 640 g/mol. The van der Waals surface area contributed by atoms with Crippen LogP contribution in [0.3, 0.4) is 0 Å². The molecule has 246 valence electrons. The Bertz CT molecular complexity index is 1720. The molecule has 1 fully saturated rings. The molecule has 0 radical (unpaired) electrons. The maximum Gasteiger partial charge on any atom is 0.309 e. The summed E-state index contributed by atoms with van der Waals surface area (Å²) >= 11 is 0. The number of nitrogens with two attached hydrogens (primary N) is 1. The second kappa shape index (κ2) is 15.8. The average molecular weight is 641 g/mol. The average Bonchev–Trinajstić information content (AvgIpc) is 3.71. The number of fused-ring (bicyclic) bond motifs is 1. The van der Waals surface area contributed by atoms with Crippen molar-refractivity contribution in [1.29, 1.82) is 0 Å². The molecule has 1 aliphatic heterocycles. The molecule has 1 unspecified atom stereocenters. The van der Waals surface area contributed by atoms with E-state index in [9.17, 15) is 14.4 Å². The van der Waals surface area contributed by atoms with E-state index in [4.69, 9.17) is 20.2 Å². The number of hydrogen-bond donors (Lipinski definition) is 3. The highest BCUT2D eigenvalue weighted by molar-refractivity contribution is 6.07. The van der Waals surface area contributed by atoms with Crippen LogP contribution in [0.15, 0.2) is 71.9 Å². The maximum atomic E-state index is 13.6. The van der Waals surface area contributed by atoms with Gasteiger partial charge in [0.2, 0.25) is 0 Å². The van der Waals surface area contributed by atoms with Crippen molar-refractivity contribution in [2.45, 2.75) is 45.2 Å². The van der Waals surface area contributed by atoms with Crippen LogP contribution in [0.2, 0.25) is 0 Å². The van der Waals surface area contributed by atoms with E-state index in [1.807, 2.05) is 41.9 Å². The first-order valence-electron chi connectivity index (χ1n) is 15.7. The molecule has 1 atom stereocenters. The number of nitrogens with one attached hydrogen (secondary N) is 2. The van der Waals surface area contributed by atoms with Gasteiger partial charge in [0, 0.05) is 42.6 Å². The highest BCUT2D eigenvalue weighted by atomic mass is 16.5. The van der Waals surface area contributed by atoms with Gasteiger partial charge in [-0.15, -0.1) is 0 Å². The molecule has 2 aromatic carbocycles. The predicted octanol–water partition coefficient (Wildman–Crippen LogP) is 3.53. The van der Waals surface area contributed by atoms with Crippen LogP contribution in [0.25, 0.3) is 11.0 Å². The smallest absolute Gasteiger partial charge is 0.309 e. The van der Waals surface area contributed by atoms with Gasteiger partial charge in [-0.05, 0) is 80.9 Å². The van der Waals surface area contributed by atoms with E-state index in [1.54, 1.807) is 43.5 Å².